The number of pyridine rings is 2. The molecule has 0 bridgehead atoms. The Balaban J connectivity index is 1.63. The average molecular weight is 467 g/mol. The van der Waals surface area contributed by atoms with Crippen LogP contribution in [-0.4, -0.2) is 41.3 Å². The predicted molar refractivity (Wildman–Crippen MR) is 119 cm³/mol. The Bertz CT molecular complexity index is 1310. The van der Waals surface area contributed by atoms with Crippen LogP contribution in [0.1, 0.15) is 10.4 Å². The number of rotatable bonds is 8. The largest absolute Gasteiger partial charge is 0.493 e. The summed E-state index contributed by atoms with van der Waals surface area (Å²) in [6, 6.07) is 9.45. The zero-order chi connectivity index (χ0) is 24.1. The van der Waals surface area contributed by atoms with Crippen LogP contribution in [0.15, 0.2) is 61.1 Å². The maximum Gasteiger partial charge on any atom is 0.255 e. The van der Waals surface area contributed by atoms with Crippen molar-refractivity contribution in [1.29, 1.82) is 0 Å². The molecule has 0 spiro atoms. The number of carbonyl (C=O) groups is 1. The van der Waals surface area contributed by atoms with E-state index in [1.807, 2.05) is 0 Å². The molecule has 0 aliphatic carbocycles. The van der Waals surface area contributed by atoms with Crippen LogP contribution in [0.5, 0.6) is 23.0 Å². The van der Waals surface area contributed by atoms with Crippen LogP contribution in [0.25, 0.3) is 10.9 Å². The van der Waals surface area contributed by atoms with Gasteiger partial charge in [-0.1, -0.05) is 0 Å². The van der Waals surface area contributed by atoms with Crippen molar-refractivity contribution in [3.05, 3.63) is 78.3 Å². The van der Waals surface area contributed by atoms with Gasteiger partial charge < -0.3 is 24.6 Å². The number of benzene rings is 2. The topological polar surface area (TPSA) is 103 Å². The van der Waals surface area contributed by atoms with E-state index in [0.717, 1.165) is 12.1 Å². The predicted octanol–water partition coefficient (Wildman–Crippen LogP) is 4.33. The number of fused-ring (bicyclic) bond motifs is 1. The number of amides is 1. The Kier molecular flexibility index (Phi) is 6.79. The van der Waals surface area contributed by atoms with Crippen LogP contribution in [0, 0.1) is 11.6 Å². The van der Waals surface area contributed by atoms with Crippen molar-refractivity contribution < 1.29 is 32.9 Å². The lowest BCUT2D eigenvalue weighted by Gasteiger charge is -2.14. The number of nitrogens with one attached hydrogen (secondary N) is 1. The fraction of sp³-hybridized carbons (Fsp3) is 0.125. The van der Waals surface area contributed by atoms with Crippen LogP contribution < -0.4 is 19.5 Å². The molecule has 0 aliphatic rings. The molecular formula is C24H19F2N3O5. The van der Waals surface area contributed by atoms with Gasteiger partial charge in [0, 0.05) is 53.4 Å². The molecule has 0 fully saturated rings. The number of aliphatic hydroxyl groups excluding tert-OH is 1. The van der Waals surface area contributed by atoms with E-state index in [9.17, 15) is 13.6 Å². The molecule has 1 amide bonds. The first-order chi connectivity index (χ1) is 16.5. The number of nitrogens with zero attached hydrogens (tertiary/aromatic N) is 2. The molecule has 8 nitrogen and oxygen atoms in total. The summed E-state index contributed by atoms with van der Waals surface area (Å²) in [4.78, 5) is 20.3. The van der Waals surface area contributed by atoms with Gasteiger partial charge in [0.15, 0.2) is 28.9 Å². The first-order valence-electron chi connectivity index (χ1n) is 10.1. The summed E-state index contributed by atoms with van der Waals surface area (Å²) in [5.41, 5.74) is 0.639. The molecule has 2 aromatic carbocycles. The quantitative estimate of drug-likeness (QED) is 0.398. The van der Waals surface area contributed by atoms with Crippen molar-refractivity contribution in [1.82, 2.24) is 9.97 Å². The highest BCUT2D eigenvalue weighted by atomic mass is 19.1. The number of methoxy groups -OCH3 is 1. The Morgan fingerprint density at radius 1 is 1.00 bits per heavy atom. The summed E-state index contributed by atoms with van der Waals surface area (Å²) in [5.74, 6) is -2.40. The Labute approximate surface area is 192 Å². The van der Waals surface area contributed by atoms with Crippen molar-refractivity contribution in [3.8, 4) is 23.0 Å². The molecule has 0 aliphatic heterocycles. The molecule has 2 heterocycles. The van der Waals surface area contributed by atoms with Crippen molar-refractivity contribution in [2.75, 3.05) is 25.6 Å². The van der Waals surface area contributed by atoms with E-state index in [1.54, 1.807) is 12.1 Å². The van der Waals surface area contributed by atoms with Gasteiger partial charge in [0.1, 0.15) is 12.4 Å². The lowest BCUT2D eigenvalue weighted by Crippen LogP contribution is -2.12. The van der Waals surface area contributed by atoms with Gasteiger partial charge in [-0.25, -0.2) is 8.78 Å². The summed E-state index contributed by atoms with van der Waals surface area (Å²) in [6.07, 6.45) is 4.28. The first kappa shape index (κ1) is 22.9. The van der Waals surface area contributed by atoms with Crippen molar-refractivity contribution >= 4 is 22.5 Å². The summed E-state index contributed by atoms with van der Waals surface area (Å²) >= 11 is 0. The molecule has 2 N–H and O–H groups in total. The number of halogens is 2. The summed E-state index contributed by atoms with van der Waals surface area (Å²) in [6.45, 7) is -0.131. The standard InChI is InChI=1S/C24H19F2N3O5/c1-32-21-12-16-19(13-22(21)33-9-8-30)28-7-4-20(16)34-23-17(25)10-15(11-18(23)26)29-24(31)14-2-5-27-6-3-14/h2-7,10-13,30H,8-9H2,1H3,(H,29,31). The molecule has 174 valence electrons. The number of ether oxygens (including phenoxy) is 3. The highest BCUT2D eigenvalue weighted by Gasteiger charge is 2.18. The number of hydrogen-bond donors (Lipinski definition) is 2. The van der Waals surface area contributed by atoms with Crippen LogP contribution in [0.2, 0.25) is 0 Å². The molecule has 0 radical (unpaired) electrons. The van der Waals surface area contributed by atoms with Crippen LogP contribution in [-0.2, 0) is 0 Å². The van der Waals surface area contributed by atoms with Crippen molar-refractivity contribution in [3.63, 3.8) is 0 Å². The third-order valence-corrected chi connectivity index (χ3v) is 4.75. The Hall–Kier alpha value is -4.31. The average Bonchev–Trinajstić information content (AvgIpc) is 2.85. The van der Waals surface area contributed by atoms with E-state index < -0.39 is 23.3 Å². The van der Waals surface area contributed by atoms with Crippen LogP contribution in [0.4, 0.5) is 14.5 Å². The Morgan fingerprint density at radius 2 is 1.74 bits per heavy atom. The number of anilines is 1. The minimum atomic E-state index is -1.01. The van der Waals surface area contributed by atoms with E-state index >= 15 is 0 Å². The number of hydrogen-bond acceptors (Lipinski definition) is 7. The number of carbonyl (C=O) groups excluding carboxylic acids is 1. The smallest absolute Gasteiger partial charge is 0.255 e. The second-order valence-electron chi connectivity index (χ2n) is 6.96. The van der Waals surface area contributed by atoms with Gasteiger partial charge in [0.05, 0.1) is 19.2 Å². The molecule has 0 atom stereocenters. The third-order valence-electron chi connectivity index (χ3n) is 4.75. The summed E-state index contributed by atoms with van der Waals surface area (Å²) in [7, 11) is 1.43. The second-order valence-corrected chi connectivity index (χ2v) is 6.96. The highest BCUT2D eigenvalue weighted by Crippen LogP contribution is 2.38. The maximum atomic E-state index is 14.8. The lowest BCUT2D eigenvalue weighted by molar-refractivity contribution is 0.102. The summed E-state index contributed by atoms with van der Waals surface area (Å²) in [5, 5.41) is 11.9. The van der Waals surface area contributed by atoms with E-state index in [-0.39, 0.29) is 30.2 Å². The lowest BCUT2D eigenvalue weighted by atomic mass is 10.1. The normalized spacial score (nSPS) is 10.7. The minimum absolute atomic E-state index is 0.0541. The molecule has 10 heteroatoms. The van der Waals surface area contributed by atoms with Crippen LogP contribution in [0.3, 0.4) is 0 Å². The SMILES string of the molecule is COc1cc2c(Oc3c(F)cc(NC(=O)c4ccncc4)cc3F)ccnc2cc1OCCO. The van der Waals surface area contributed by atoms with E-state index in [2.05, 4.69) is 15.3 Å². The number of aromatic nitrogens is 2. The van der Waals surface area contributed by atoms with E-state index in [1.165, 1.54) is 43.9 Å². The molecule has 0 saturated heterocycles. The van der Waals surface area contributed by atoms with Gasteiger partial charge in [-0.15, -0.1) is 0 Å². The van der Waals surface area contributed by atoms with Crippen molar-refractivity contribution in [2.45, 2.75) is 0 Å². The van der Waals surface area contributed by atoms with Crippen LogP contribution >= 0.6 is 0 Å². The molecular weight excluding hydrogens is 448 g/mol. The maximum absolute atomic E-state index is 14.8. The number of aliphatic hydroxyl groups is 1. The molecule has 0 saturated carbocycles. The second kappa shape index (κ2) is 10.1. The Morgan fingerprint density at radius 3 is 2.41 bits per heavy atom. The minimum Gasteiger partial charge on any atom is -0.493 e. The van der Waals surface area contributed by atoms with E-state index in [0.29, 0.717) is 22.4 Å². The van der Waals surface area contributed by atoms with E-state index in [4.69, 9.17) is 19.3 Å². The van der Waals surface area contributed by atoms with Gasteiger partial charge in [-0.2, -0.15) is 0 Å². The fourth-order valence-corrected chi connectivity index (χ4v) is 3.19. The van der Waals surface area contributed by atoms with Gasteiger partial charge in [0.25, 0.3) is 5.91 Å². The van der Waals surface area contributed by atoms with Gasteiger partial charge in [-0.05, 0) is 24.3 Å². The molecule has 4 aromatic rings. The zero-order valence-corrected chi connectivity index (χ0v) is 17.9. The van der Waals surface area contributed by atoms with Crippen molar-refractivity contribution in [2.24, 2.45) is 0 Å². The molecule has 4 rings (SSSR count). The third kappa shape index (κ3) is 4.86. The highest BCUT2D eigenvalue weighted by molar-refractivity contribution is 6.04. The molecule has 34 heavy (non-hydrogen) atoms. The first-order valence-corrected chi connectivity index (χ1v) is 10.1. The van der Waals surface area contributed by atoms with Gasteiger partial charge in [0.2, 0.25) is 0 Å². The zero-order valence-electron chi connectivity index (χ0n) is 17.9. The molecule has 2 aromatic heterocycles. The van der Waals surface area contributed by atoms with Gasteiger partial charge in [-0.3, -0.25) is 14.8 Å². The fourth-order valence-electron chi connectivity index (χ4n) is 3.19. The summed E-state index contributed by atoms with van der Waals surface area (Å²) < 4.78 is 45.9. The van der Waals surface area contributed by atoms with Gasteiger partial charge >= 0.3 is 0 Å². The monoisotopic (exact) mass is 467 g/mol. The molecule has 0 unspecified atom stereocenters.